The van der Waals surface area contributed by atoms with Gasteiger partial charge in [-0.2, -0.15) is 0 Å². The second-order valence-corrected chi connectivity index (χ2v) is 5.95. The number of nitrogens with one attached hydrogen (secondary N) is 1. The third kappa shape index (κ3) is 4.06. The minimum atomic E-state index is 0.129. The normalized spacial score (nSPS) is 23.5. The number of piperazine rings is 1. The molecule has 1 amide bonds. The van der Waals surface area contributed by atoms with Gasteiger partial charge in [0.1, 0.15) is 0 Å². The third-order valence-corrected chi connectivity index (χ3v) is 4.43. The Morgan fingerprint density at radius 2 is 1.95 bits per heavy atom. The molecule has 5 nitrogen and oxygen atoms in total. The number of nitrogens with zero attached hydrogens (tertiary/aromatic N) is 2. The highest BCUT2D eigenvalue weighted by atomic mass is 16.5. The molecule has 1 aromatic rings. The van der Waals surface area contributed by atoms with E-state index >= 15 is 0 Å². The summed E-state index contributed by atoms with van der Waals surface area (Å²) in [5, 5.41) is 3.28. The van der Waals surface area contributed by atoms with Crippen molar-refractivity contribution in [3.63, 3.8) is 0 Å². The summed E-state index contributed by atoms with van der Waals surface area (Å²) in [6.45, 7) is 6.87. The van der Waals surface area contributed by atoms with Gasteiger partial charge >= 0.3 is 0 Å². The van der Waals surface area contributed by atoms with Gasteiger partial charge in [-0.05, 0) is 5.56 Å². The van der Waals surface area contributed by atoms with Gasteiger partial charge in [0.15, 0.2) is 0 Å². The van der Waals surface area contributed by atoms with E-state index in [-0.39, 0.29) is 12.0 Å². The van der Waals surface area contributed by atoms with Crippen LogP contribution in [0.25, 0.3) is 0 Å². The van der Waals surface area contributed by atoms with Gasteiger partial charge < -0.3 is 15.0 Å². The number of morpholine rings is 1. The Morgan fingerprint density at radius 3 is 2.73 bits per heavy atom. The molecule has 2 heterocycles. The molecule has 2 saturated heterocycles. The molecule has 22 heavy (non-hydrogen) atoms. The number of hydrogen-bond acceptors (Lipinski definition) is 4. The van der Waals surface area contributed by atoms with Crippen molar-refractivity contribution in [2.24, 2.45) is 0 Å². The Labute approximate surface area is 132 Å². The highest BCUT2D eigenvalue weighted by Gasteiger charge is 2.23. The molecule has 1 aromatic carbocycles. The zero-order valence-corrected chi connectivity index (χ0v) is 13.0. The van der Waals surface area contributed by atoms with Gasteiger partial charge in [0.2, 0.25) is 5.91 Å². The van der Waals surface area contributed by atoms with Gasteiger partial charge in [0.05, 0.1) is 12.7 Å². The van der Waals surface area contributed by atoms with E-state index in [0.717, 1.165) is 52.4 Å². The van der Waals surface area contributed by atoms with Crippen molar-refractivity contribution in [2.75, 3.05) is 52.4 Å². The minimum Gasteiger partial charge on any atom is -0.371 e. The maximum Gasteiger partial charge on any atom is 0.223 e. The summed E-state index contributed by atoms with van der Waals surface area (Å²) in [6.07, 6.45) is 0.742. The lowest BCUT2D eigenvalue weighted by molar-refractivity contribution is -0.132. The standard InChI is InChI=1S/C17H25N3O2/c21-17(20-10-7-18-8-11-20)6-9-19-12-13-22-16(14-19)15-4-2-1-3-5-15/h1-5,16,18H,6-14H2. The predicted molar refractivity (Wildman–Crippen MR) is 85.6 cm³/mol. The van der Waals surface area contributed by atoms with E-state index in [4.69, 9.17) is 4.74 Å². The van der Waals surface area contributed by atoms with E-state index in [0.29, 0.717) is 6.42 Å². The van der Waals surface area contributed by atoms with Crippen LogP contribution >= 0.6 is 0 Å². The van der Waals surface area contributed by atoms with E-state index < -0.39 is 0 Å². The lowest BCUT2D eigenvalue weighted by atomic mass is 10.1. The third-order valence-electron chi connectivity index (χ3n) is 4.43. The molecule has 2 aliphatic heterocycles. The molecule has 0 radical (unpaired) electrons. The number of carbonyl (C=O) groups excluding carboxylic acids is 1. The number of rotatable bonds is 4. The van der Waals surface area contributed by atoms with Crippen LogP contribution in [0, 0.1) is 0 Å². The van der Waals surface area contributed by atoms with Crippen molar-refractivity contribution in [1.82, 2.24) is 15.1 Å². The Kier molecular flexibility index (Phi) is 5.43. The van der Waals surface area contributed by atoms with Crippen molar-refractivity contribution in [3.8, 4) is 0 Å². The topological polar surface area (TPSA) is 44.8 Å². The van der Waals surface area contributed by atoms with Crippen LogP contribution in [0.1, 0.15) is 18.1 Å². The number of ether oxygens (including phenoxy) is 1. The summed E-state index contributed by atoms with van der Waals surface area (Å²) in [4.78, 5) is 16.6. The number of hydrogen-bond donors (Lipinski definition) is 1. The van der Waals surface area contributed by atoms with Gasteiger partial charge in [0, 0.05) is 52.2 Å². The SMILES string of the molecule is O=C(CCN1CCOC(c2ccccc2)C1)N1CCNCC1. The predicted octanol–water partition coefficient (Wildman–Crippen LogP) is 0.882. The molecule has 1 atom stereocenters. The molecule has 5 heteroatoms. The largest absolute Gasteiger partial charge is 0.371 e. The number of amides is 1. The summed E-state index contributed by atoms with van der Waals surface area (Å²) >= 11 is 0. The fourth-order valence-electron chi connectivity index (χ4n) is 3.10. The molecule has 1 N–H and O–H groups in total. The van der Waals surface area contributed by atoms with Crippen LogP contribution in [-0.4, -0.2) is 68.1 Å². The summed E-state index contributed by atoms with van der Waals surface area (Å²) in [5.74, 6) is 0.282. The van der Waals surface area contributed by atoms with Crippen molar-refractivity contribution in [2.45, 2.75) is 12.5 Å². The molecular weight excluding hydrogens is 278 g/mol. The number of benzene rings is 1. The number of carbonyl (C=O) groups is 1. The quantitative estimate of drug-likeness (QED) is 0.897. The molecule has 0 bridgehead atoms. The monoisotopic (exact) mass is 303 g/mol. The van der Waals surface area contributed by atoms with Gasteiger partial charge in [-0.1, -0.05) is 30.3 Å². The highest BCUT2D eigenvalue weighted by molar-refractivity contribution is 5.76. The first-order valence-corrected chi connectivity index (χ1v) is 8.20. The molecule has 1 unspecified atom stereocenters. The first kappa shape index (κ1) is 15.5. The van der Waals surface area contributed by atoms with Crippen molar-refractivity contribution in [3.05, 3.63) is 35.9 Å². The summed E-state index contributed by atoms with van der Waals surface area (Å²) in [5.41, 5.74) is 1.22. The van der Waals surface area contributed by atoms with Crippen LogP contribution in [-0.2, 0) is 9.53 Å². The maximum absolute atomic E-state index is 12.2. The smallest absolute Gasteiger partial charge is 0.223 e. The molecule has 0 aromatic heterocycles. The fraction of sp³-hybridized carbons (Fsp3) is 0.588. The van der Waals surface area contributed by atoms with Crippen LogP contribution < -0.4 is 5.32 Å². The maximum atomic E-state index is 12.2. The minimum absolute atomic E-state index is 0.129. The van der Waals surface area contributed by atoms with Crippen molar-refractivity contribution in [1.29, 1.82) is 0 Å². The van der Waals surface area contributed by atoms with Gasteiger partial charge in [-0.15, -0.1) is 0 Å². The van der Waals surface area contributed by atoms with E-state index in [1.807, 2.05) is 23.1 Å². The Morgan fingerprint density at radius 1 is 1.18 bits per heavy atom. The van der Waals surface area contributed by atoms with Crippen LogP contribution in [0.2, 0.25) is 0 Å². The molecular formula is C17H25N3O2. The van der Waals surface area contributed by atoms with E-state index in [2.05, 4.69) is 22.3 Å². The summed E-state index contributed by atoms with van der Waals surface area (Å²) < 4.78 is 5.87. The average molecular weight is 303 g/mol. The van der Waals surface area contributed by atoms with E-state index in [1.54, 1.807) is 0 Å². The van der Waals surface area contributed by atoms with E-state index in [1.165, 1.54) is 5.56 Å². The summed E-state index contributed by atoms with van der Waals surface area (Å²) in [6, 6.07) is 10.3. The molecule has 2 aliphatic rings. The lowest BCUT2D eigenvalue weighted by Crippen LogP contribution is -2.47. The van der Waals surface area contributed by atoms with Gasteiger partial charge in [-0.25, -0.2) is 0 Å². The first-order chi connectivity index (χ1) is 10.8. The molecule has 2 fully saturated rings. The molecule has 0 spiro atoms. The fourth-order valence-corrected chi connectivity index (χ4v) is 3.10. The second-order valence-electron chi connectivity index (χ2n) is 5.95. The Balaban J connectivity index is 1.47. The van der Waals surface area contributed by atoms with E-state index in [9.17, 15) is 4.79 Å². The molecule has 120 valence electrons. The highest BCUT2D eigenvalue weighted by Crippen LogP contribution is 2.21. The molecule has 0 aliphatic carbocycles. The zero-order valence-electron chi connectivity index (χ0n) is 13.0. The lowest BCUT2D eigenvalue weighted by Gasteiger charge is -2.34. The van der Waals surface area contributed by atoms with Gasteiger partial charge in [0.25, 0.3) is 0 Å². The molecule has 3 rings (SSSR count). The summed E-state index contributed by atoms with van der Waals surface area (Å²) in [7, 11) is 0. The van der Waals surface area contributed by atoms with Crippen LogP contribution in [0.15, 0.2) is 30.3 Å². The Bertz CT molecular complexity index is 474. The zero-order chi connectivity index (χ0) is 15.2. The van der Waals surface area contributed by atoms with Crippen molar-refractivity contribution < 1.29 is 9.53 Å². The average Bonchev–Trinajstić information content (AvgIpc) is 2.61. The van der Waals surface area contributed by atoms with Crippen LogP contribution in [0.4, 0.5) is 0 Å². The van der Waals surface area contributed by atoms with Crippen molar-refractivity contribution >= 4 is 5.91 Å². The Hall–Kier alpha value is -1.43. The molecule has 0 saturated carbocycles. The van der Waals surface area contributed by atoms with Gasteiger partial charge in [-0.3, -0.25) is 9.69 Å². The first-order valence-electron chi connectivity index (χ1n) is 8.20. The second kappa shape index (κ2) is 7.72. The van der Waals surface area contributed by atoms with Crippen LogP contribution in [0.3, 0.4) is 0 Å². The van der Waals surface area contributed by atoms with Crippen LogP contribution in [0.5, 0.6) is 0 Å².